The van der Waals surface area contributed by atoms with E-state index in [0.29, 0.717) is 17.5 Å². The van der Waals surface area contributed by atoms with Gasteiger partial charge in [0.25, 0.3) is 0 Å². The van der Waals surface area contributed by atoms with E-state index < -0.39 is 15.2 Å². The van der Waals surface area contributed by atoms with E-state index in [1.807, 2.05) is 97.1 Å². The van der Waals surface area contributed by atoms with E-state index in [2.05, 4.69) is 96.9 Å². The van der Waals surface area contributed by atoms with Crippen LogP contribution in [0.1, 0.15) is 0 Å². The fourth-order valence-electron chi connectivity index (χ4n) is 8.23. The molecular weight excluding hydrogens is 696 g/mol. The summed E-state index contributed by atoms with van der Waals surface area (Å²) in [7, 11) is -5.57. The Kier molecular flexibility index (Phi) is 7.48. The first-order chi connectivity index (χ1) is 26.4. The quantitative estimate of drug-likeness (QED) is 0.131. The largest absolute Gasteiger partial charge is 0.309 e. The molecule has 0 saturated carbocycles. The van der Waals surface area contributed by atoms with Crippen molar-refractivity contribution in [2.75, 3.05) is 4.90 Å². The van der Waals surface area contributed by atoms with E-state index in [9.17, 15) is 0 Å². The summed E-state index contributed by atoms with van der Waals surface area (Å²) in [6.45, 7) is 4.83. The van der Waals surface area contributed by atoms with Crippen molar-refractivity contribution >= 4 is 58.6 Å². The van der Waals surface area contributed by atoms with Crippen LogP contribution in [0.3, 0.4) is 0 Å². The highest BCUT2D eigenvalue weighted by molar-refractivity contribution is 7.86. The maximum atomic E-state index is 16.6. The summed E-state index contributed by atoms with van der Waals surface area (Å²) in [6, 6.07) is 60.1. The average Bonchev–Trinajstić information content (AvgIpc) is 3.46. The van der Waals surface area contributed by atoms with Gasteiger partial charge < -0.3 is 9.46 Å². The lowest BCUT2D eigenvalue weighted by Crippen LogP contribution is -2.50. The molecule has 0 spiro atoms. The number of aromatic nitrogens is 3. The molecular formula is C47H35N4OPSi. The molecule has 8 aromatic rings. The van der Waals surface area contributed by atoms with Crippen molar-refractivity contribution in [3.05, 3.63) is 176 Å². The summed E-state index contributed by atoms with van der Waals surface area (Å²) in [5.74, 6) is 1.70. The van der Waals surface area contributed by atoms with Gasteiger partial charge in [-0.1, -0.05) is 147 Å². The third kappa shape index (κ3) is 4.98. The molecule has 0 amide bonds. The fourth-order valence-corrected chi connectivity index (χ4v) is 14.5. The van der Waals surface area contributed by atoms with Gasteiger partial charge in [0, 0.05) is 38.3 Å². The topological polar surface area (TPSA) is 59.0 Å². The molecule has 0 bridgehead atoms. The zero-order chi connectivity index (χ0) is 36.4. The number of fused-ring (bicyclic) bond motifs is 5. The van der Waals surface area contributed by atoms with Crippen molar-refractivity contribution in [1.82, 2.24) is 15.0 Å². The Hall–Kier alpha value is -6.20. The highest BCUT2D eigenvalue weighted by Gasteiger charge is 2.45. The van der Waals surface area contributed by atoms with Crippen molar-refractivity contribution in [2.45, 2.75) is 13.1 Å². The second-order valence-electron chi connectivity index (χ2n) is 14.4. The molecule has 1 atom stereocenters. The van der Waals surface area contributed by atoms with Gasteiger partial charge in [0.1, 0.15) is 8.07 Å². The molecule has 0 N–H and O–H groups in total. The highest BCUT2D eigenvalue weighted by atomic mass is 31.2. The molecule has 1 unspecified atom stereocenters. The summed E-state index contributed by atoms with van der Waals surface area (Å²) in [6.07, 6.45) is 0. The van der Waals surface area contributed by atoms with Crippen LogP contribution in [0.5, 0.6) is 0 Å². The van der Waals surface area contributed by atoms with Crippen LogP contribution in [0, 0.1) is 0 Å². The molecule has 10 rings (SSSR count). The van der Waals surface area contributed by atoms with E-state index in [4.69, 9.17) is 15.0 Å². The smallest absolute Gasteiger partial charge is 0.175 e. The van der Waals surface area contributed by atoms with Gasteiger partial charge in [0.2, 0.25) is 0 Å². The SMILES string of the molecule is C[Si]1(C)c2ccccc2-c2cc3c(cc21)P(=O)(c1ccccc1)c1cc(-c2nc(-c4ccccc4)nc(-c4ccccc4)n2)ccc1N3c1ccccc1. The Morgan fingerprint density at radius 1 is 0.463 bits per heavy atom. The number of anilines is 3. The molecule has 0 fully saturated rings. The molecule has 0 radical (unpaired) electrons. The summed E-state index contributed by atoms with van der Waals surface area (Å²) >= 11 is 0. The van der Waals surface area contributed by atoms with Crippen molar-refractivity contribution in [3.63, 3.8) is 0 Å². The van der Waals surface area contributed by atoms with Crippen molar-refractivity contribution in [1.29, 1.82) is 0 Å². The molecule has 5 nitrogen and oxygen atoms in total. The van der Waals surface area contributed by atoms with Crippen molar-refractivity contribution in [2.24, 2.45) is 0 Å². The number of hydrogen-bond donors (Lipinski definition) is 0. The Bertz CT molecular complexity index is 2720. The van der Waals surface area contributed by atoms with Gasteiger partial charge in [-0.15, -0.1) is 0 Å². The fraction of sp³-hybridized carbons (Fsp3) is 0.0426. The molecule has 3 heterocycles. The lowest BCUT2D eigenvalue weighted by molar-refractivity contribution is 0.592. The Morgan fingerprint density at radius 3 is 1.61 bits per heavy atom. The predicted molar refractivity (Wildman–Crippen MR) is 226 cm³/mol. The number of hydrogen-bond acceptors (Lipinski definition) is 5. The molecule has 7 heteroatoms. The lowest BCUT2D eigenvalue weighted by atomic mass is 10.0. The number of benzene rings is 7. The lowest BCUT2D eigenvalue weighted by Gasteiger charge is -2.39. The Balaban J connectivity index is 1.26. The van der Waals surface area contributed by atoms with Crippen LogP contribution < -0.4 is 31.2 Å². The van der Waals surface area contributed by atoms with Gasteiger partial charge in [-0.2, -0.15) is 0 Å². The first-order valence-electron chi connectivity index (χ1n) is 18.2. The molecule has 258 valence electrons. The third-order valence-corrected chi connectivity index (χ3v) is 17.5. The zero-order valence-electron chi connectivity index (χ0n) is 29.9. The van der Waals surface area contributed by atoms with E-state index in [-0.39, 0.29) is 0 Å². The first-order valence-corrected chi connectivity index (χ1v) is 22.9. The zero-order valence-corrected chi connectivity index (χ0v) is 31.8. The van der Waals surface area contributed by atoms with Crippen LogP contribution in [-0.2, 0) is 4.57 Å². The van der Waals surface area contributed by atoms with Crippen molar-refractivity contribution < 1.29 is 4.57 Å². The monoisotopic (exact) mass is 730 g/mol. The van der Waals surface area contributed by atoms with E-state index >= 15 is 4.57 Å². The van der Waals surface area contributed by atoms with E-state index in [1.165, 1.54) is 21.5 Å². The van der Waals surface area contributed by atoms with E-state index in [0.717, 1.165) is 49.7 Å². The molecule has 1 aromatic heterocycles. The molecule has 0 saturated heterocycles. The minimum absolute atomic E-state index is 0.528. The van der Waals surface area contributed by atoms with Crippen LogP contribution in [0.4, 0.5) is 17.1 Å². The van der Waals surface area contributed by atoms with Crippen LogP contribution >= 0.6 is 7.14 Å². The van der Waals surface area contributed by atoms with Crippen LogP contribution in [0.2, 0.25) is 13.1 Å². The second kappa shape index (κ2) is 12.4. The number of para-hydroxylation sites is 1. The molecule has 54 heavy (non-hydrogen) atoms. The summed E-state index contributed by atoms with van der Waals surface area (Å²) in [5.41, 5.74) is 7.95. The third-order valence-electron chi connectivity index (χ3n) is 10.9. The van der Waals surface area contributed by atoms with Crippen molar-refractivity contribution in [3.8, 4) is 45.3 Å². The summed E-state index contributed by atoms with van der Waals surface area (Å²) in [4.78, 5) is 17.3. The second-order valence-corrected chi connectivity index (χ2v) is 21.4. The van der Waals surface area contributed by atoms with Gasteiger partial charge in [-0.3, -0.25) is 0 Å². The van der Waals surface area contributed by atoms with E-state index in [1.54, 1.807) is 0 Å². The number of nitrogens with zero attached hydrogens (tertiary/aromatic N) is 4. The maximum Gasteiger partial charge on any atom is 0.175 e. The van der Waals surface area contributed by atoms with Gasteiger partial charge in [0.15, 0.2) is 24.6 Å². The molecule has 2 aliphatic rings. The van der Waals surface area contributed by atoms with Crippen LogP contribution in [0.15, 0.2) is 176 Å². The van der Waals surface area contributed by atoms with Crippen LogP contribution in [-0.4, -0.2) is 23.0 Å². The minimum Gasteiger partial charge on any atom is -0.309 e. The summed E-state index contributed by atoms with van der Waals surface area (Å²) in [5, 5.41) is 5.17. The normalized spacial score (nSPS) is 16.2. The standard InChI is InChI=1S/C47H35N4OPSi/c1-54(2)43-26-16-15-25-37(43)38-30-40-42(31-44(38)54)53(52,36-23-13-6-14-24-36)41-29-34(27-28-39(41)51(40)35-21-11-5-12-22-35)47-49-45(32-17-7-3-8-18-32)48-46(50-47)33-19-9-4-10-20-33/h3-31H,1-2H3. The maximum absolute atomic E-state index is 16.6. The molecule has 2 aliphatic heterocycles. The Labute approximate surface area is 316 Å². The van der Waals surface area contributed by atoms with Crippen LogP contribution in [0.25, 0.3) is 45.3 Å². The predicted octanol–water partition coefficient (Wildman–Crippen LogP) is 9.10. The number of rotatable bonds is 5. The molecule has 0 aliphatic carbocycles. The summed E-state index contributed by atoms with van der Waals surface area (Å²) < 4.78 is 16.6. The first kappa shape index (κ1) is 32.4. The Morgan fingerprint density at radius 2 is 0.981 bits per heavy atom. The molecule has 7 aromatic carbocycles. The van der Waals surface area contributed by atoms with Gasteiger partial charge in [0.05, 0.1) is 11.4 Å². The average molecular weight is 731 g/mol. The highest BCUT2D eigenvalue weighted by Crippen LogP contribution is 2.55. The minimum atomic E-state index is -3.47. The van der Waals surface area contributed by atoms with Gasteiger partial charge in [-0.05, 0) is 64.0 Å². The van der Waals surface area contributed by atoms with Gasteiger partial charge >= 0.3 is 0 Å². The van der Waals surface area contributed by atoms with Gasteiger partial charge in [-0.25, -0.2) is 15.0 Å².